The number of rotatable bonds is 11. The summed E-state index contributed by atoms with van der Waals surface area (Å²) in [6.45, 7) is 12.2. The van der Waals surface area contributed by atoms with Crippen LogP contribution in [0.1, 0.15) is 54.9 Å². The van der Waals surface area contributed by atoms with Gasteiger partial charge < -0.3 is 14.1 Å². The van der Waals surface area contributed by atoms with Crippen LogP contribution >= 0.6 is 0 Å². The topological polar surface area (TPSA) is 94.4 Å². The Balaban J connectivity index is 1.48. The van der Waals surface area contributed by atoms with Gasteiger partial charge in [0.2, 0.25) is 0 Å². The molecular formula is C33H40N4O4S. The SMILES string of the molecule is CCc1nc2c(C)cc(C)nc2n1Cc1ccc(-c2cc(CN3CCOCC3)ccc2S(=O)(=O)CCCC(C)=O)cc1. The number of ether oxygens (including phenoxy) is 1. The zero-order chi connectivity index (χ0) is 29.9. The van der Waals surface area contributed by atoms with Gasteiger partial charge in [0.1, 0.15) is 17.1 Å². The Morgan fingerprint density at radius 1 is 0.952 bits per heavy atom. The molecule has 222 valence electrons. The van der Waals surface area contributed by atoms with Crippen LogP contribution in [0.5, 0.6) is 0 Å². The highest BCUT2D eigenvalue weighted by Gasteiger charge is 2.22. The minimum Gasteiger partial charge on any atom is -0.379 e. The summed E-state index contributed by atoms with van der Waals surface area (Å²) in [7, 11) is -3.58. The summed E-state index contributed by atoms with van der Waals surface area (Å²) in [6.07, 6.45) is 1.37. The number of carbonyl (C=O) groups is 1. The summed E-state index contributed by atoms with van der Waals surface area (Å²) in [5.41, 5.74) is 7.61. The molecule has 42 heavy (non-hydrogen) atoms. The Morgan fingerprint density at radius 2 is 1.67 bits per heavy atom. The number of morpholine rings is 1. The molecule has 0 atom stereocenters. The maximum atomic E-state index is 13.5. The molecule has 0 N–H and O–H groups in total. The third kappa shape index (κ3) is 6.80. The first-order valence-electron chi connectivity index (χ1n) is 14.7. The van der Waals surface area contributed by atoms with Gasteiger partial charge in [0, 0.05) is 43.7 Å². The van der Waals surface area contributed by atoms with Crippen LogP contribution in [0.25, 0.3) is 22.3 Å². The van der Waals surface area contributed by atoms with E-state index in [-0.39, 0.29) is 18.0 Å². The first-order chi connectivity index (χ1) is 20.1. The van der Waals surface area contributed by atoms with Gasteiger partial charge in [0.25, 0.3) is 0 Å². The van der Waals surface area contributed by atoms with Gasteiger partial charge in [-0.2, -0.15) is 0 Å². The lowest BCUT2D eigenvalue weighted by Gasteiger charge is -2.27. The molecule has 0 aliphatic carbocycles. The molecule has 1 aliphatic rings. The molecule has 2 aromatic heterocycles. The van der Waals surface area contributed by atoms with Crippen LogP contribution in [0.3, 0.4) is 0 Å². The molecule has 3 heterocycles. The number of pyridine rings is 1. The van der Waals surface area contributed by atoms with Gasteiger partial charge in [-0.05, 0) is 67.6 Å². The zero-order valence-electron chi connectivity index (χ0n) is 25.0. The molecule has 5 rings (SSSR count). The van der Waals surface area contributed by atoms with E-state index in [0.29, 0.717) is 36.6 Å². The summed E-state index contributed by atoms with van der Waals surface area (Å²) in [6, 6.07) is 15.9. The summed E-state index contributed by atoms with van der Waals surface area (Å²) in [5, 5.41) is 0. The summed E-state index contributed by atoms with van der Waals surface area (Å²) < 4.78 is 34.6. The van der Waals surface area contributed by atoms with Crippen molar-refractivity contribution in [3.63, 3.8) is 0 Å². The predicted octanol–water partition coefficient (Wildman–Crippen LogP) is 5.30. The smallest absolute Gasteiger partial charge is 0.179 e. The third-order valence-electron chi connectivity index (χ3n) is 7.85. The van der Waals surface area contributed by atoms with Crippen molar-refractivity contribution in [1.82, 2.24) is 19.4 Å². The van der Waals surface area contributed by atoms with E-state index >= 15 is 0 Å². The number of aromatic nitrogens is 3. The lowest BCUT2D eigenvalue weighted by molar-refractivity contribution is -0.117. The number of imidazole rings is 1. The lowest BCUT2D eigenvalue weighted by atomic mass is 10.0. The molecule has 4 aromatic rings. The van der Waals surface area contributed by atoms with Gasteiger partial charge in [-0.1, -0.05) is 37.3 Å². The minimum absolute atomic E-state index is 0.000654. The fourth-order valence-corrected chi connectivity index (χ4v) is 7.20. The Kier molecular flexibility index (Phi) is 9.20. The molecule has 2 aromatic carbocycles. The first-order valence-corrected chi connectivity index (χ1v) is 16.4. The number of Topliss-reactive ketones (excluding diaryl/α,β-unsaturated/α-hetero) is 1. The van der Waals surface area contributed by atoms with Gasteiger partial charge in [0.15, 0.2) is 15.5 Å². The van der Waals surface area contributed by atoms with E-state index in [4.69, 9.17) is 14.7 Å². The average Bonchev–Trinajstić information content (AvgIpc) is 3.31. The standard InChI is InChI=1S/C33H40N4O4S/c1-5-31-35-32-23(2)19-24(3)34-33(32)37(31)22-26-8-11-28(12-9-26)29-20-27(21-36-14-16-41-17-15-36)10-13-30(29)42(39,40)18-6-7-25(4)38/h8-13,19-20H,5-7,14-18,21-22H2,1-4H3. The number of hydrogen-bond acceptors (Lipinski definition) is 7. The Bertz CT molecular complexity index is 1690. The summed E-state index contributed by atoms with van der Waals surface area (Å²) in [5.74, 6) is 0.934. The molecule has 1 aliphatic heterocycles. The van der Waals surface area contributed by atoms with Gasteiger partial charge in [0.05, 0.1) is 30.4 Å². The Labute approximate surface area is 248 Å². The van der Waals surface area contributed by atoms with E-state index in [9.17, 15) is 13.2 Å². The number of ketones is 1. The molecule has 0 unspecified atom stereocenters. The number of hydrogen-bond donors (Lipinski definition) is 0. The van der Waals surface area contributed by atoms with Gasteiger partial charge >= 0.3 is 0 Å². The molecule has 0 saturated carbocycles. The highest BCUT2D eigenvalue weighted by molar-refractivity contribution is 7.91. The van der Waals surface area contributed by atoms with Crippen LogP contribution in [0, 0.1) is 13.8 Å². The van der Waals surface area contributed by atoms with Crippen LogP contribution in [0.4, 0.5) is 0 Å². The number of sulfone groups is 1. The van der Waals surface area contributed by atoms with E-state index < -0.39 is 9.84 Å². The van der Waals surface area contributed by atoms with Crippen molar-refractivity contribution in [2.75, 3.05) is 32.1 Å². The molecule has 8 nitrogen and oxygen atoms in total. The maximum Gasteiger partial charge on any atom is 0.179 e. The molecular weight excluding hydrogens is 548 g/mol. The molecule has 0 spiro atoms. The first kappa shape index (κ1) is 30.1. The van der Waals surface area contributed by atoms with Crippen molar-refractivity contribution in [2.45, 2.75) is 64.9 Å². The van der Waals surface area contributed by atoms with E-state index in [1.54, 1.807) is 6.07 Å². The number of fused-ring (bicyclic) bond motifs is 1. The lowest BCUT2D eigenvalue weighted by Crippen LogP contribution is -2.35. The van der Waals surface area contributed by atoms with E-state index in [1.807, 2.05) is 31.2 Å². The van der Waals surface area contributed by atoms with Gasteiger partial charge in [-0.3, -0.25) is 4.90 Å². The van der Waals surface area contributed by atoms with Crippen LogP contribution < -0.4 is 0 Å². The molecule has 1 fully saturated rings. The highest BCUT2D eigenvalue weighted by atomic mass is 32.2. The molecule has 0 bridgehead atoms. The maximum absolute atomic E-state index is 13.5. The van der Waals surface area contributed by atoms with Crippen molar-refractivity contribution in [3.05, 3.63) is 76.7 Å². The number of benzene rings is 2. The summed E-state index contributed by atoms with van der Waals surface area (Å²) >= 11 is 0. The van der Waals surface area contributed by atoms with Gasteiger partial charge in [-0.15, -0.1) is 0 Å². The van der Waals surface area contributed by atoms with Crippen molar-refractivity contribution >= 4 is 26.8 Å². The van der Waals surface area contributed by atoms with E-state index in [2.05, 4.69) is 41.5 Å². The quantitative estimate of drug-likeness (QED) is 0.235. The second-order valence-electron chi connectivity index (χ2n) is 11.3. The Morgan fingerprint density at radius 3 is 2.36 bits per heavy atom. The van der Waals surface area contributed by atoms with Crippen LogP contribution in [0.15, 0.2) is 53.4 Å². The normalized spacial score (nSPS) is 14.5. The highest BCUT2D eigenvalue weighted by Crippen LogP contribution is 2.31. The van der Waals surface area contributed by atoms with Crippen molar-refractivity contribution in [2.24, 2.45) is 0 Å². The van der Waals surface area contributed by atoms with Crippen LogP contribution in [-0.4, -0.2) is 65.7 Å². The van der Waals surface area contributed by atoms with Crippen molar-refractivity contribution in [3.8, 4) is 11.1 Å². The van der Waals surface area contributed by atoms with Gasteiger partial charge in [-0.25, -0.2) is 18.4 Å². The zero-order valence-corrected chi connectivity index (χ0v) is 25.8. The Hall–Kier alpha value is -3.40. The second-order valence-corrected chi connectivity index (χ2v) is 13.3. The number of nitrogens with zero attached hydrogens (tertiary/aromatic N) is 4. The van der Waals surface area contributed by atoms with E-state index in [1.165, 1.54) is 6.92 Å². The molecule has 0 amide bonds. The van der Waals surface area contributed by atoms with E-state index in [0.717, 1.165) is 71.0 Å². The average molecular weight is 589 g/mol. The third-order valence-corrected chi connectivity index (χ3v) is 9.71. The fourth-order valence-electron chi connectivity index (χ4n) is 5.67. The fraction of sp³-hybridized carbons (Fsp3) is 0.424. The molecule has 9 heteroatoms. The minimum atomic E-state index is -3.58. The van der Waals surface area contributed by atoms with Crippen LogP contribution in [-0.2, 0) is 38.9 Å². The van der Waals surface area contributed by atoms with Crippen molar-refractivity contribution in [1.29, 1.82) is 0 Å². The predicted molar refractivity (Wildman–Crippen MR) is 165 cm³/mol. The largest absolute Gasteiger partial charge is 0.379 e. The molecule has 0 radical (unpaired) electrons. The monoisotopic (exact) mass is 588 g/mol. The van der Waals surface area contributed by atoms with Crippen LogP contribution in [0.2, 0.25) is 0 Å². The molecule has 1 saturated heterocycles. The van der Waals surface area contributed by atoms with Crippen molar-refractivity contribution < 1.29 is 17.9 Å². The summed E-state index contributed by atoms with van der Waals surface area (Å²) in [4.78, 5) is 23.8. The second kappa shape index (κ2) is 12.9. The number of carbonyl (C=O) groups excluding carboxylic acids is 1. The number of aryl methyl sites for hydroxylation is 3.